The van der Waals surface area contributed by atoms with Crippen LogP contribution in [0.3, 0.4) is 0 Å². The molecule has 1 aromatic rings. The molecule has 0 atom stereocenters. The summed E-state index contributed by atoms with van der Waals surface area (Å²) in [7, 11) is -4.09. The average molecular weight is 222 g/mol. The summed E-state index contributed by atoms with van der Waals surface area (Å²) in [6, 6.07) is 3.46. The maximum absolute atomic E-state index is 11.2. The first-order valence-electron chi connectivity index (χ1n) is 8.09. The zero-order valence-corrected chi connectivity index (χ0v) is 7.93. The zero-order chi connectivity index (χ0) is 18.5. The van der Waals surface area contributed by atoms with E-state index in [-0.39, 0.29) is 0 Å². The van der Waals surface area contributed by atoms with Crippen molar-refractivity contribution in [3.05, 3.63) is 29.8 Å². The molecule has 0 heterocycles. The molecule has 78 valence electrons. The Morgan fingerprint density at radius 3 is 2.07 bits per heavy atom. The number of primary sulfonamides is 1. The van der Waals surface area contributed by atoms with Crippen molar-refractivity contribution in [2.45, 2.75) is 30.9 Å². The molecule has 0 amide bonds. The number of sulfonamides is 1. The summed E-state index contributed by atoms with van der Waals surface area (Å²) in [6.07, 6.45) is 0. The van der Waals surface area contributed by atoms with E-state index in [1.165, 1.54) is 0 Å². The molecule has 14 heavy (non-hydrogen) atoms. The molecule has 0 aliphatic rings. The monoisotopic (exact) mass is 222 g/mol. The molecular weight excluding hydrogens is 198 g/mol. The van der Waals surface area contributed by atoms with Gasteiger partial charge in [-0.25, -0.2) is 13.6 Å². The van der Waals surface area contributed by atoms with Gasteiger partial charge in [-0.2, -0.15) is 0 Å². The van der Waals surface area contributed by atoms with Gasteiger partial charge in [0.25, 0.3) is 0 Å². The molecule has 4 heteroatoms. The van der Waals surface area contributed by atoms with E-state index in [1.807, 2.05) is 0 Å². The van der Waals surface area contributed by atoms with Gasteiger partial charge in [0.15, 0.2) is 0 Å². The molecule has 0 aromatic heterocycles. The molecular formula is C10H15NO2S. The first-order valence-corrected chi connectivity index (χ1v) is 5.14. The molecule has 1 aromatic carbocycles. The number of hydrogen-bond acceptors (Lipinski definition) is 2. The van der Waals surface area contributed by atoms with E-state index in [9.17, 15) is 8.42 Å². The highest BCUT2D eigenvalue weighted by molar-refractivity contribution is 7.89. The summed E-state index contributed by atoms with van der Waals surface area (Å²) >= 11 is 0. The van der Waals surface area contributed by atoms with Crippen LogP contribution in [0.1, 0.15) is 38.5 Å². The third-order valence-corrected chi connectivity index (χ3v) is 2.55. The highest BCUT2D eigenvalue weighted by atomic mass is 32.2. The highest BCUT2D eigenvalue weighted by Gasteiger charge is 2.14. The fraction of sp³-hybridized carbons (Fsp3) is 0.400. The van der Waals surface area contributed by atoms with Crippen molar-refractivity contribution in [2.24, 2.45) is 5.14 Å². The molecule has 0 spiro atoms. The van der Waals surface area contributed by atoms with Crippen molar-refractivity contribution < 1.29 is 20.8 Å². The second kappa shape index (κ2) is 3.37. The van der Waals surface area contributed by atoms with Gasteiger partial charge in [-0.1, -0.05) is 32.7 Å². The quantitative estimate of drug-likeness (QED) is 0.785. The van der Waals surface area contributed by atoms with Crippen LogP contribution in [0.15, 0.2) is 29.2 Å². The van der Waals surface area contributed by atoms with Gasteiger partial charge in [0.2, 0.25) is 10.0 Å². The Labute approximate surface area is 97.6 Å². The largest absolute Gasteiger partial charge is 0.238 e. The topological polar surface area (TPSA) is 60.2 Å². The van der Waals surface area contributed by atoms with Gasteiger partial charge in [0.05, 0.1) is 4.90 Å². The maximum atomic E-state index is 11.2. The van der Waals surface area contributed by atoms with Gasteiger partial charge in [-0.05, 0) is 23.1 Å². The first kappa shape index (κ1) is 3.94. The zero-order valence-electron chi connectivity index (χ0n) is 16.1. The van der Waals surface area contributed by atoms with Gasteiger partial charge in [-0.15, -0.1) is 0 Å². The predicted molar refractivity (Wildman–Crippen MR) is 56.5 cm³/mol. The summed E-state index contributed by atoms with van der Waals surface area (Å²) in [6.45, 7) is -10.2. The summed E-state index contributed by atoms with van der Waals surface area (Å²) < 4.78 is 90.3. The van der Waals surface area contributed by atoms with Crippen LogP contribution in [0.25, 0.3) is 0 Å². The lowest BCUT2D eigenvalue weighted by Gasteiger charge is -2.18. The average Bonchev–Trinajstić information content (AvgIpc) is 2.22. The molecule has 0 unspecified atom stereocenters. The lowest BCUT2D eigenvalue weighted by Crippen LogP contribution is -2.14. The Morgan fingerprint density at radius 2 is 1.71 bits per heavy atom. The molecule has 1 rings (SSSR count). The van der Waals surface area contributed by atoms with E-state index in [1.54, 1.807) is 0 Å². The van der Waals surface area contributed by atoms with Crippen LogP contribution in [0.5, 0.6) is 0 Å². The Balaban J connectivity index is 3.80. The second-order valence-electron chi connectivity index (χ2n) is 2.82. The summed E-state index contributed by atoms with van der Waals surface area (Å²) in [5, 5.41) is 4.91. The Hall–Kier alpha value is -0.870. The van der Waals surface area contributed by atoms with Gasteiger partial charge in [0.1, 0.15) is 0 Å². The SMILES string of the molecule is [2H]C([2H])([2H])C(c1ccc(S(N)(=O)=O)cc1)(C([2H])([2H])[2H])C([2H])([2H])[2H]. The van der Waals surface area contributed by atoms with Crippen LogP contribution in [0.4, 0.5) is 0 Å². The number of benzene rings is 1. The standard InChI is InChI=1S/C10H15NO2S/c1-10(2,3)8-4-6-9(7-5-8)14(11,12)13/h4-7H,1-3H3,(H2,11,12,13)/i1D3,2D3,3D3. The molecule has 0 fully saturated rings. The van der Waals surface area contributed by atoms with Gasteiger partial charge < -0.3 is 0 Å². The molecule has 0 saturated heterocycles. The van der Waals surface area contributed by atoms with E-state index < -0.39 is 46.5 Å². The molecule has 2 N–H and O–H groups in total. The summed E-state index contributed by atoms with van der Waals surface area (Å²) in [5.74, 6) is 0. The summed E-state index contributed by atoms with van der Waals surface area (Å²) in [4.78, 5) is -0.392. The second-order valence-corrected chi connectivity index (χ2v) is 4.38. The van der Waals surface area contributed by atoms with Crippen LogP contribution < -0.4 is 5.14 Å². The van der Waals surface area contributed by atoms with Gasteiger partial charge in [-0.3, -0.25) is 0 Å². The Kier molecular flexibility index (Phi) is 0.948. The van der Waals surface area contributed by atoms with Crippen LogP contribution in [0, 0.1) is 0 Å². The predicted octanol–water partition coefficient (Wildman–Crippen LogP) is 1.63. The first-order chi connectivity index (χ1) is 9.96. The minimum atomic E-state index is -4.09. The maximum Gasteiger partial charge on any atom is 0.238 e. The number of hydrogen-bond donors (Lipinski definition) is 1. The Morgan fingerprint density at radius 1 is 1.21 bits per heavy atom. The van der Waals surface area contributed by atoms with E-state index in [0.29, 0.717) is 0 Å². The third kappa shape index (κ3) is 2.56. The number of nitrogens with two attached hydrogens (primary N) is 1. The lowest BCUT2D eigenvalue weighted by molar-refractivity contribution is 0.586. The normalized spacial score (nSPS) is 25.1. The van der Waals surface area contributed by atoms with Crippen LogP contribution in [0.2, 0.25) is 0 Å². The fourth-order valence-electron chi connectivity index (χ4n) is 0.895. The van der Waals surface area contributed by atoms with E-state index in [0.717, 1.165) is 24.3 Å². The van der Waals surface area contributed by atoms with E-state index in [4.69, 9.17) is 17.5 Å². The summed E-state index contributed by atoms with van der Waals surface area (Å²) in [5.41, 5.74) is -3.70. The Bertz CT molecular complexity index is 634. The third-order valence-electron chi connectivity index (χ3n) is 1.62. The minimum absolute atomic E-state index is 0.392. The molecule has 0 aliphatic heterocycles. The smallest absolute Gasteiger partial charge is 0.225 e. The van der Waals surface area contributed by atoms with Crippen LogP contribution >= 0.6 is 0 Å². The number of rotatable bonds is 1. The fourth-order valence-corrected chi connectivity index (χ4v) is 1.41. The van der Waals surface area contributed by atoms with Crippen molar-refractivity contribution in [3.63, 3.8) is 0 Å². The van der Waals surface area contributed by atoms with Crippen molar-refractivity contribution in [1.29, 1.82) is 0 Å². The lowest BCUT2D eigenvalue weighted by atomic mass is 9.87. The molecule has 3 nitrogen and oxygen atoms in total. The van der Waals surface area contributed by atoms with Gasteiger partial charge in [0, 0.05) is 12.3 Å². The van der Waals surface area contributed by atoms with Crippen molar-refractivity contribution in [3.8, 4) is 0 Å². The van der Waals surface area contributed by atoms with E-state index >= 15 is 0 Å². The van der Waals surface area contributed by atoms with Crippen molar-refractivity contribution >= 4 is 10.0 Å². The van der Waals surface area contributed by atoms with Gasteiger partial charge >= 0.3 is 0 Å². The van der Waals surface area contributed by atoms with Crippen LogP contribution in [-0.4, -0.2) is 8.42 Å². The highest BCUT2D eigenvalue weighted by Crippen LogP contribution is 2.22. The van der Waals surface area contributed by atoms with Crippen molar-refractivity contribution in [1.82, 2.24) is 0 Å². The molecule has 0 aliphatic carbocycles. The molecule has 0 radical (unpaired) electrons. The van der Waals surface area contributed by atoms with E-state index in [2.05, 4.69) is 0 Å². The van der Waals surface area contributed by atoms with Crippen LogP contribution in [-0.2, 0) is 15.4 Å². The molecule has 0 bridgehead atoms. The minimum Gasteiger partial charge on any atom is -0.225 e. The van der Waals surface area contributed by atoms with Crippen molar-refractivity contribution in [2.75, 3.05) is 0 Å². The molecule has 0 saturated carbocycles.